The molecule has 1 N–H and O–H groups in total. The highest BCUT2D eigenvalue weighted by atomic mass is 19.1. The Kier molecular flexibility index (Phi) is 3.75. The molecule has 1 aliphatic rings. The van der Waals surface area contributed by atoms with E-state index in [1.165, 1.54) is 17.0 Å². The van der Waals surface area contributed by atoms with E-state index in [9.17, 15) is 9.18 Å². The van der Waals surface area contributed by atoms with Gasteiger partial charge in [-0.25, -0.2) is 9.18 Å². The second kappa shape index (κ2) is 5.17. The Morgan fingerprint density at radius 2 is 2.16 bits per heavy atom. The number of amides is 1. The van der Waals surface area contributed by atoms with Gasteiger partial charge < -0.3 is 10.1 Å². The van der Waals surface area contributed by atoms with E-state index in [2.05, 4.69) is 5.32 Å². The summed E-state index contributed by atoms with van der Waals surface area (Å²) in [5.41, 5.74) is 0.911. The van der Waals surface area contributed by atoms with Crippen LogP contribution in [0.15, 0.2) is 18.2 Å². The molecular weight excluding hydrogens is 247 g/mol. The first-order chi connectivity index (χ1) is 8.87. The zero-order valence-electron chi connectivity index (χ0n) is 11.5. The summed E-state index contributed by atoms with van der Waals surface area (Å²) >= 11 is 0. The summed E-state index contributed by atoms with van der Waals surface area (Å²) in [5, 5.41) is 3.20. The van der Waals surface area contributed by atoms with Crippen LogP contribution in [0, 0.1) is 5.82 Å². The van der Waals surface area contributed by atoms with Gasteiger partial charge in [0, 0.05) is 19.6 Å². The molecule has 1 heterocycles. The fraction of sp³-hybridized carbons (Fsp3) is 0.500. The molecule has 1 aliphatic heterocycles. The molecule has 0 radical (unpaired) electrons. The number of benzene rings is 1. The Hall–Kier alpha value is -1.62. The SMILES string of the molecule is CC(C)(C)OC(=O)N1CCNCc2ccc(F)cc21. The maximum Gasteiger partial charge on any atom is 0.414 e. The van der Waals surface area contributed by atoms with Crippen LogP contribution in [0.5, 0.6) is 0 Å². The van der Waals surface area contributed by atoms with Gasteiger partial charge in [0.2, 0.25) is 0 Å². The first-order valence-electron chi connectivity index (χ1n) is 6.36. The van der Waals surface area contributed by atoms with Gasteiger partial charge in [-0.05, 0) is 38.5 Å². The third-order valence-electron chi connectivity index (χ3n) is 2.78. The fourth-order valence-corrected chi connectivity index (χ4v) is 1.98. The van der Waals surface area contributed by atoms with Crippen molar-refractivity contribution >= 4 is 11.8 Å². The van der Waals surface area contributed by atoms with Gasteiger partial charge in [-0.2, -0.15) is 0 Å². The lowest BCUT2D eigenvalue weighted by molar-refractivity contribution is 0.0581. The number of ether oxygens (including phenoxy) is 1. The molecule has 19 heavy (non-hydrogen) atoms. The van der Waals surface area contributed by atoms with Gasteiger partial charge in [0.25, 0.3) is 0 Å². The number of rotatable bonds is 0. The summed E-state index contributed by atoms with van der Waals surface area (Å²) in [5.74, 6) is -0.353. The first-order valence-corrected chi connectivity index (χ1v) is 6.36. The van der Waals surface area contributed by atoms with Crippen molar-refractivity contribution in [3.63, 3.8) is 0 Å². The van der Waals surface area contributed by atoms with Crippen LogP contribution < -0.4 is 10.2 Å². The van der Waals surface area contributed by atoms with Crippen LogP contribution in [0.2, 0.25) is 0 Å². The number of hydrogen-bond acceptors (Lipinski definition) is 3. The summed E-state index contributed by atoms with van der Waals surface area (Å²) in [4.78, 5) is 13.7. The smallest absolute Gasteiger partial charge is 0.414 e. The first kappa shape index (κ1) is 13.8. The molecule has 1 aromatic rings. The second-order valence-electron chi connectivity index (χ2n) is 5.58. The maximum absolute atomic E-state index is 13.4. The van der Waals surface area contributed by atoms with Crippen LogP contribution in [0.4, 0.5) is 14.9 Å². The molecule has 4 nitrogen and oxygen atoms in total. The third-order valence-corrected chi connectivity index (χ3v) is 2.78. The quantitative estimate of drug-likeness (QED) is 0.785. The van der Waals surface area contributed by atoms with E-state index in [0.29, 0.717) is 25.3 Å². The number of carbonyl (C=O) groups excluding carboxylic acids is 1. The number of halogens is 1. The number of hydrogen-bond donors (Lipinski definition) is 1. The van der Waals surface area contributed by atoms with Crippen LogP contribution >= 0.6 is 0 Å². The predicted molar refractivity (Wildman–Crippen MR) is 71.7 cm³/mol. The van der Waals surface area contributed by atoms with Crippen molar-refractivity contribution in [2.45, 2.75) is 32.9 Å². The van der Waals surface area contributed by atoms with Crippen LogP contribution in [-0.4, -0.2) is 24.8 Å². The predicted octanol–water partition coefficient (Wildman–Crippen LogP) is 2.67. The lowest BCUT2D eigenvalue weighted by atomic mass is 10.1. The monoisotopic (exact) mass is 266 g/mol. The molecule has 0 bridgehead atoms. The summed E-state index contributed by atoms with van der Waals surface area (Å²) < 4.78 is 18.8. The van der Waals surface area contributed by atoms with Crippen LogP contribution in [-0.2, 0) is 11.3 Å². The average molecular weight is 266 g/mol. The van der Waals surface area contributed by atoms with E-state index in [4.69, 9.17) is 4.74 Å². The van der Waals surface area contributed by atoms with Crippen molar-refractivity contribution in [1.29, 1.82) is 0 Å². The minimum Gasteiger partial charge on any atom is -0.443 e. The maximum atomic E-state index is 13.4. The highest BCUT2D eigenvalue weighted by molar-refractivity contribution is 5.89. The van der Waals surface area contributed by atoms with Gasteiger partial charge in [-0.3, -0.25) is 4.90 Å². The molecular formula is C14H19FN2O2. The normalized spacial score (nSPS) is 15.7. The Balaban J connectivity index is 2.31. The zero-order valence-corrected chi connectivity index (χ0v) is 11.5. The van der Waals surface area contributed by atoms with E-state index in [1.807, 2.05) is 20.8 Å². The molecule has 2 rings (SSSR count). The van der Waals surface area contributed by atoms with Crippen molar-refractivity contribution in [1.82, 2.24) is 5.32 Å². The van der Waals surface area contributed by atoms with Gasteiger partial charge in [0.05, 0.1) is 5.69 Å². The zero-order chi connectivity index (χ0) is 14.0. The molecule has 1 aromatic carbocycles. The Bertz CT molecular complexity index is 483. The highest BCUT2D eigenvalue weighted by Crippen LogP contribution is 2.25. The van der Waals surface area contributed by atoms with E-state index in [-0.39, 0.29) is 5.82 Å². The Labute approximate surface area is 112 Å². The van der Waals surface area contributed by atoms with E-state index in [0.717, 1.165) is 5.56 Å². The molecule has 0 aromatic heterocycles. The molecule has 0 spiro atoms. The van der Waals surface area contributed by atoms with E-state index >= 15 is 0 Å². The van der Waals surface area contributed by atoms with E-state index < -0.39 is 11.7 Å². The minimum absolute atomic E-state index is 0.353. The second-order valence-corrected chi connectivity index (χ2v) is 5.58. The minimum atomic E-state index is -0.565. The average Bonchev–Trinajstić information content (AvgIpc) is 2.48. The number of nitrogens with one attached hydrogen (secondary N) is 1. The standard InChI is InChI=1S/C14H19FN2O2/c1-14(2,3)19-13(18)17-7-6-16-9-10-4-5-11(15)8-12(10)17/h4-5,8,16H,6-7,9H2,1-3H3. The molecule has 0 unspecified atom stereocenters. The van der Waals surface area contributed by atoms with Crippen molar-refractivity contribution in [3.8, 4) is 0 Å². The van der Waals surface area contributed by atoms with Crippen LogP contribution in [0.3, 0.4) is 0 Å². The summed E-state index contributed by atoms with van der Waals surface area (Å²) in [6, 6.07) is 4.48. The highest BCUT2D eigenvalue weighted by Gasteiger charge is 2.26. The lowest BCUT2D eigenvalue weighted by Gasteiger charge is -2.27. The molecule has 0 atom stereocenters. The largest absolute Gasteiger partial charge is 0.443 e. The van der Waals surface area contributed by atoms with E-state index in [1.54, 1.807) is 6.07 Å². The van der Waals surface area contributed by atoms with Gasteiger partial charge >= 0.3 is 6.09 Å². The Morgan fingerprint density at radius 3 is 2.84 bits per heavy atom. The molecule has 0 fully saturated rings. The number of fused-ring (bicyclic) bond motifs is 1. The number of carbonyl (C=O) groups is 1. The third kappa shape index (κ3) is 3.44. The molecule has 104 valence electrons. The summed E-state index contributed by atoms with van der Waals surface area (Å²) in [6.45, 7) is 7.17. The van der Waals surface area contributed by atoms with Crippen LogP contribution in [0.1, 0.15) is 26.3 Å². The van der Waals surface area contributed by atoms with Crippen LogP contribution in [0.25, 0.3) is 0 Å². The van der Waals surface area contributed by atoms with Crippen molar-refractivity contribution in [3.05, 3.63) is 29.6 Å². The molecule has 5 heteroatoms. The topological polar surface area (TPSA) is 41.6 Å². The molecule has 0 saturated heterocycles. The van der Waals surface area contributed by atoms with Gasteiger partial charge in [0.1, 0.15) is 11.4 Å². The molecule has 0 aliphatic carbocycles. The summed E-state index contributed by atoms with van der Waals surface area (Å²) in [6.07, 6.45) is -0.442. The fourth-order valence-electron chi connectivity index (χ4n) is 1.98. The molecule has 1 amide bonds. The lowest BCUT2D eigenvalue weighted by Crippen LogP contribution is -2.39. The number of anilines is 1. The van der Waals surface area contributed by atoms with Crippen molar-refractivity contribution in [2.24, 2.45) is 0 Å². The number of nitrogens with zero attached hydrogens (tertiary/aromatic N) is 1. The van der Waals surface area contributed by atoms with Gasteiger partial charge in [-0.15, -0.1) is 0 Å². The van der Waals surface area contributed by atoms with Crippen molar-refractivity contribution < 1.29 is 13.9 Å². The molecule has 0 saturated carbocycles. The summed E-state index contributed by atoms with van der Waals surface area (Å²) in [7, 11) is 0. The van der Waals surface area contributed by atoms with Gasteiger partial charge in [0.15, 0.2) is 0 Å². The van der Waals surface area contributed by atoms with Gasteiger partial charge in [-0.1, -0.05) is 6.07 Å². The Morgan fingerprint density at radius 1 is 1.42 bits per heavy atom. The van der Waals surface area contributed by atoms with Crippen molar-refractivity contribution in [2.75, 3.05) is 18.0 Å².